The van der Waals surface area contributed by atoms with Crippen LogP contribution in [-0.2, 0) is 9.59 Å². The molecule has 0 atom stereocenters. The van der Waals surface area contributed by atoms with Gasteiger partial charge in [0.25, 0.3) is 5.91 Å². The van der Waals surface area contributed by atoms with Crippen molar-refractivity contribution in [1.29, 1.82) is 0 Å². The third-order valence-corrected chi connectivity index (χ3v) is 7.95. The predicted octanol–water partition coefficient (Wildman–Crippen LogP) is 3.54. The van der Waals surface area contributed by atoms with E-state index in [1.807, 2.05) is 47.0 Å². The molecule has 1 spiro atoms. The normalized spacial score (nSPS) is 22.4. The maximum atomic E-state index is 13.2. The Labute approximate surface area is 171 Å². The predicted molar refractivity (Wildman–Crippen MR) is 111 cm³/mol. The van der Waals surface area contributed by atoms with Crippen LogP contribution in [0.3, 0.4) is 0 Å². The highest BCUT2D eigenvalue weighted by Gasteiger charge is 2.48. The van der Waals surface area contributed by atoms with Crippen LogP contribution in [0.4, 0.5) is 0 Å². The number of hydrogen-bond acceptors (Lipinski definition) is 4. The van der Waals surface area contributed by atoms with Crippen molar-refractivity contribution >= 4 is 23.6 Å². The molecule has 3 aliphatic rings. The molecule has 3 fully saturated rings. The number of nitrogens with zero attached hydrogens (tertiary/aromatic N) is 2. The minimum absolute atomic E-state index is 0.0341. The van der Waals surface area contributed by atoms with E-state index in [9.17, 15) is 9.59 Å². The first kappa shape index (κ1) is 19.6. The smallest absolute Gasteiger partial charge is 0.260 e. The van der Waals surface area contributed by atoms with Crippen LogP contribution in [0.1, 0.15) is 44.9 Å². The molecule has 152 valence electrons. The van der Waals surface area contributed by atoms with Crippen LogP contribution in [0.2, 0.25) is 0 Å². The number of benzene rings is 1. The second-order valence-electron chi connectivity index (χ2n) is 8.10. The Morgan fingerprint density at radius 1 is 1.04 bits per heavy atom. The molecule has 2 amide bonds. The molecule has 0 bridgehead atoms. The number of piperidine rings is 1. The molecule has 1 aliphatic carbocycles. The SMILES string of the molecule is O=C(COc1ccccc1)N1CCC2(CC1)SCCN2C(=O)C1CCCCC1. The standard InChI is InChI=1S/C22H30N2O3S/c25-20(17-27-19-9-5-2-6-10-19)23-13-11-22(12-14-23)24(15-16-28-22)21(26)18-7-3-1-4-8-18/h2,5-6,9-10,18H,1,3-4,7-8,11-17H2. The van der Waals surface area contributed by atoms with Crippen LogP contribution in [0.25, 0.3) is 0 Å². The molecule has 2 heterocycles. The zero-order chi connectivity index (χ0) is 19.4. The third kappa shape index (κ3) is 4.17. The van der Waals surface area contributed by atoms with Crippen molar-refractivity contribution in [3.8, 4) is 5.75 Å². The lowest BCUT2D eigenvalue weighted by atomic mass is 9.87. The summed E-state index contributed by atoms with van der Waals surface area (Å²) in [4.78, 5) is 29.7. The Morgan fingerprint density at radius 3 is 2.46 bits per heavy atom. The second kappa shape index (κ2) is 8.76. The minimum Gasteiger partial charge on any atom is -0.484 e. The van der Waals surface area contributed by atoms with Crippen molar-refractivity contribution in [2.75, 3.05) is 32.0 Å². The average molecular weight is 403 g/mol. The molecule has 1 aromatic rings. The molecular weight excluding hydrogens is 372 g/mol. The maximum absolute atomic E-state index is 13.2. The summed E-state index contributed by atoms with van der Waals surface area (Å²) in [6, 6.07) is 9.46. The fourth-order valence-electron chi connectivity index (χ4n) is 4.76. The van der Waals surface area contributed by atoms with E-state index in [1.165, 1.54) is 19.3 Å². The number of carbonyl (C=O) groups excluding carboxylic acids is 2. The highest BCUT2D eigenvalue weighted by Crippen LogP contribution is 2.45. The summed E-state index contributed by atoms with van der Waals surface area (Å²) in [6.07, 6.45) is 7.49. The first-order valence-electron chi connectivity index (χ1n) is 10.6. The molecule has 2 aliphatic heterocycles. The van der Waals surface area contributed by atoms with Crippen LogP contribution in [0.5, 0.6) is 5.75 Å². The van der Waals surface area contributed by atoms with Gasteiger partial charge in [0.1, 0.15) is 5.75 Å². The van der Waals surface area contributed by atoms with Crippen molar-refractivity contribution in [3.05, 3.63) is 30.3 Å². The Morgan fingerprint density at radius 2 is 1.75 bits per heavy atom. The summed E-state index contributed by atoms with van der Waals surface area (Å²) >= 11 is 1.93. The van der Waals surface area contributed by atoms with Gasteiger partial charge in [-0.05, 0) is 37.8 Å². The summed E-state index contributed by atoms with van der Waals surface area (Å²) < 4.78 is 5.62. The van der Waals surface area contributed by atoms with Gasteiger partial charge in [0, 0.05) is 31.3 Å². The zero-order valence-electron chi connectivity index (χ0n) is 16.5. The van der Waals surface area contributed by atoms with Crippen molar-refractivity contribution < 1.29 is 14.3 Å². The number of amides is 2. The second-order valence-corrected chi connectivity index (χ2v) is 9.56. The molecule has 0 unspecified atom stereocenters. The maximum Gasteiger partial charge on any atom is 0.260 e. The van der Waals surface area contributed by atoms with Gasteiger partial charge < -0.3 is 14.5 Å². The molecule has 0 aromatic heterocycles. The van der Waals surface area contributed by atoms with Gasteiger partial charge in [-0.3, -0.25) is 9.59 Å². The molecule has 0 radical (unpaired) electrons. The lowest BCUT2D eigenvalue weighted by molar-refractivity contribution is -0.141. The van der Waals surface area contributed by atoms with Gasteiger partial charge in [-0.2, -0.15) is 0 Å². The number of carbonyl (C=O) groups is 2. The molecule has 0 N–H and O–H groups in total. The molecule has 1 saturated carbocycles. The van der Waals surface area contributed by atoms with E-state index >= 15 is 0 Å². The quantitative estimate of drug-likeness (QED) is 0.773. The first-order valence-corrected chi connectivity index (χ1v) is 11.6. The highest BCUT2D eigenvalue weighted by atomic mass is 32.2. The van der Waals surface area contributed by atoms with E-state index in [0.29, 0.717) is 19.0 Å². The summed E-state index contributed by atoms with van der Waals surface area (Å²) in [5.74, 6) is 2.37. The lowest BCUT2D eigenvalue weighted by Gasteiger charge is -2.45. The summed E-state index contributed by atoms with van der Waals surface area (Å²) in [5.41, 5.74) is 0. The summed E-state index contributed by atoms with van der Waals surface area (Å²) in [5, 5.41) is 0. The van der Waals surface area contributed by atoms with Gasteiger partial charge in [-0.1, -0.05) is 37.5 Å². The number of thioether (sulfide) groups is 1. The molecular formula is C22H30N2O3S. The highest BCUT2D eigenvalue weighted by molar-refractivity contribution is 8.00. The number of ether oxygens (including phenoxy) is 1. The van der Waals surface area contributed by atoms with Gasteiger partial charge in [0.05, 0.1) is 4.87 Å². The van der Waals surface area contributed by atoms with E-state index in [0.717, 1.165) is 43.7 Å². The largest absolute Gasteiger partial charge is 0.484 e. The monoisotopic (exact) mass is 402 g/mol. The van der Waals surface area contributed by atoms with Crippen LogP contribution in [-0.4, -0.2) is 58.5 Å². The number of rotatable bonds is 4. The van der Waals surface area contributed by atoms with E-state index in [1.54, 1.807) is 0 Å². The van der Waals surface area contributed by atoms with E-state index in [4.69, 9.17) is 4.74 Å². The Bertz CT molecular complexity index is 682. The Hall–Kier alpha value is -1.69. The fraction of sp³-hybridized carbons (Fsp3) is 0.636. The van der Waals surface area contributed by atoms with Crippen molar-refractivity contribution in [3.63, 3.8) is 0 Å². The topological polar surface area (TPSA) is 49.9 Å². The van der Waals surface area contributed by atoms with Gasteiger partial charge in [0.2, 0.25) is 5.91 Å². The average Bonchev–Trinajstić information content (AvgIpc) is 3.16. The zero-order valence-corrected chi connectivity index (χ0v) is 17.3. The molecule has 5 nitrogen and oxygen atoms in total. The van der Waals surface area contributed by atoms with Gasteiger partial charge in [-0.25, -0.2) is 0 Å². The third-order valence-electron chi connectivity index (χ3n) is 6.40. The van der Waals surface area contributed by atoms with Crippen molar-refractivity contribution in [1.82, 2.24) is 9.80 Å². The number of likely N-dealkylation sites (tertiary alicyclic amines) is 1. The van der Waals surface area contributed by atoms with E-state index in [-0.39, 0.29) is 23.3 Å². The summed E-state index contributed by atoms with van der Waals surface area (Å²) in [6.45, 7) is 2.36. The number of hydrogen-bond donors (Lipinski definition) is 0. The van der Waals surface area contributed by atoms with E-state index < -0.39 is 0 Å². The summed E-state index contributed by atoms with van der Waals surface area (Å²) in [7, 11) is 0. The molecule has 1 aromatic carbocycles. The van der Waals surface area contributed by atoms with Gasteiger partial charge in [-0.15, -0.1) is 11.8 Å². The lowest BCUT2D eigenvalue weighted by Crippen LogP contribution is -2.55. The fourth-order valence-corrected chi connectivity index (χ4v) is 6.22. The van der Waals surface area contributed by atoms with Crippen LogP contribution in [0.15, 0.2) is 30.3 Å². The van der Waals surface area contributed by atoms with E-state index in [2.05, 4.69) is 4.90 Å². The van der Waals surface area contributed by atoms with Gasteiger partial charge in [0.15, 0.2) is 6.61 Å². The number of para-hydroxylation sites is 1. The van der Waals surface area contributed by atoms with Crippen molar-refractivity contribution in [2.45, 2.75) is 49.8 Å². The molecule has 28 heavy (non-hydrogen) atoms. The van der Waals surface area contributed by atoms with Crippen molar-refractivity contribution in [2.24, 2.45) is 5.92 Å². The van der Waals surface area contributed by atoms with Crippen LogP contribution < -0.4 is 4.74 Å². The van der Waals surface area contributed by atoms with Gasteiger partial charge >= 0.3 is 0 Å². The first-order chi connectivity index (χ1) is 13.7. The van der Waals surface area contributed by atoms with Crippen LogP contribution >= 0.6 is 11.8 Å². The molecule has 4 rings (SSSR count). The molecule has 2 saturated heterocycles. The van der Waals surface area contributed by atoms with Crippen LogP contribution in [0, 0.1) is 5.92 Å². The molecule has 6 heteroatoms. The Kier molecular flexibility index (Phi) is 6.14. The minimum atomic E-state index is -0.0917. The Balaban J connectivity index is 1.31.